The van der Waals surface area contributed by atoms with Crippen molar-refractivity contribution in [1.29, 1.82) is 0 Å². The monoisotopic (exact) mass is 444 g/mol. The molecular formula is C27H28N2O4. The van der Waals surface area contributed by atoms with E-state index in [-0.39, 0.29) is 23.5 Å². The predicted octanol–water partition coefficient (Wildman–Crippen LogP) is 2.89. The number of benzene rings is 2. The van der Waals surface area contributed by atoms with Gasteiger partial charge < -0.3 is 20.1 Å². The van der Waals surface area contributed by atoms with Crippen LogP contribution in [0.15, 0.2) is 42.5 Å². The van der Waals surface area contributed by atoms with Crippen molar-refractivity contribution in [1.82, 2.24) is 10.2 Å². The molecule has 4 aliphatic rings. The third-order valence-electron chi connectivity index (χ3n) is 8.43. The summed E-state index contributed by atoms with van der Waals surface area (Å²) in [4.78, 5) is 28.8. The van der Waals surface area contributed by atoms with Crippen LogP contribution in [-0.4, -0.2) is 53.0 Å². The molecule has 1 saturated heterocycles. The molecule has 0 aromatic heterocycles. The van der Waals surface area contributed by atoms with Crippen LogP contribution in [0.2, 0.25) is 0 Å². The number of amides is 1. The molecule has 2 heterocycles. The molecule has 6 nitrogen and oxygen atoms in total. The number of hydrogen-bond donors (Lipinski definition) is 2. The number of ether oxygens (including phenoxy) is 1. The molecule has 2 fully saturated rings. The number of hydrogen-bond acceptors (Lipinski definition) is 5. The van der Waals surface area contributed by atoms with E-state index in [9.17, 15) is 14.7 Å². The maximum Gasteiger partial charge on any atom is 0.244 e. The van der Waals surface area contributed by atoms with Crippen LogP contribution in [0.25, 0.3) is 6.08 Å². The lowest BCUT2D eigenvalue weighted by Crippen LogP contribution is -2.81. The molecule has 2 N–H and O–H groups in total. The molecule has 0 radical (unpaired) electrons. The Hall–Kier alpha value is -3.12. The molecule has 33 heavy (non-hydrogen) atoms. The van der Waals surface area contributed by atoms with Gasteiger partial charge in [-0.2, -0.15) is 0 Å². The summed E-state index contributed by atoms with van der Waals surface area (Å²) in [5.74, 6) is 0.397. The van der Waals surface area contributed by atoms with Gasteiger partial charge in [-0.15, -0.1) is 0 Å². The fourth-order valence-electron chi connectivity index (χ4n) is 6.95. The van der Waals surface area contributed by atoms with Crippen molar-refractivity contribution < 1.29 is 19.4 Å². The van der Waals surface area contributed by atoms with Crippen molar-refractivity contribution in [2.24, 2.45) is 0 Å². The van der Waals surface area contributed by atoms with Crippen molar-refractivity contribution in [3.05, 3.63) is 64.7 Å². The smallest absolute Gasteiger partial charge is 0.244 e. The number of carbonyl (C=O) groups excluding carboxylic acids is 2. The highest BCUT2D eigenvalue weighted by Gasteiger charge is 2.73. The molecule has 2 bridgehead atoms. The lowest BCUT2D eigenvalue weighted by atomic mass is 9.47. The van der Waals surface area contributed by atoms with Crippen LogP contribution < -0.4 is 10.1 Å². The molecular weight excluding hydrogens is 416 g/mol. The van der Waals surface area contributed by atoms with E-state index in [1.54, 1.807) is 12.1 Å². The first-order valence-corrected chi connectivity index (χ1v) is 11.7. The first kappa shape index (κ1) is 20.5. The van der Waals surface area contributed by atoms with Crippen molar-refractivity contribution in [2.75, 3.05) is 13.6 Å². The number of rotatable bonds is 3. The van der Waals surface area contributed by atoms with Crippen LogP contribution >= 0.6 is 0 Å². The number of piperidine rings is 1. The standard InChI is InChI=1S/C27H28N2O4/c1-16-3-5-17(6-4-16)7-10-22(32)28-27-12-11-20(31)25-26(27)13-14-29(2)21(27)15-18-8-9-19(30)24(33-25)23(18)26/h3-10,21,25,30H,11-15H2,1-2H3,(H,28,32)/b10-7+/t21-,25+,26+,27-/m1/s1. The normalized spacial score (nSPS) is 31.9. The molecule has 0 unspecified atom stereocenters. The van der Waals surface area contributed by atoms with Crippen LogP contribution in [0, 0.1) is 6.92 Å². The summed E-state index contributed by atoms with van der Waals surface area (Å²) in [5.41, 5.74) is 2.88. The maximum atomic E-state index is 13.3. The van der Waals surface area contributed by atoms with Crippen LogP contribution in [0.3, 0.4) is 0 Å². The Morgan fingerprint density at radius 1 is 1.21 bits per heavy atom. The molecule has 2 aliphatic heterocycles. The Bertz CT molecular complexity index is 1200. The summed E-state index contributed by atoms with van der Waals surface area (Å²) < 4.78 is 6.22. The zero-order chi connectivity index (χ0) is 23.0. The van der Waals surface area contributed by atoms with Crippen molar-refractivity contribution in [3.63, 3.8) is 0 Å². The number of likely N-dealkylation sites (N-methyl/N-ethyl adjacent to an activating group) is 1. The highest BCUT2D eigenvalue weighted by atomic mass is 16.5. The number of Topliss-reactive ketones (excluding diaryl/α,β-unsaturated/α-hetero) is 1. The first-order valence-electron chi connectivity index (χ1n) is 11.7. The van der Waals surface area contributed by atoms with Crippen LogP contribution in [-0.2, 0) is 21.4 Å². The molecule has 4 atom stereocenters. The van der Waals surface area contributed by atoms with E-state index in [4.69, 9.17) is 4.74 Å². The number of nitrogens with zero attached hydrogens (tertiary/aromatic N) is 1. The summed E-state index contributed by atoms with van der Waals surface area (Å²) in [7, 11) is 2.10. The minimum absolute atomic E-state index is 0.0465. The van der Waals surface area contributed by atoms with E-state index in [1.807, 2.05) is 43.3 Å². The molecule has 1 amide bonds. The summed E-state index contributed by atoms with van der Waals surface area (Å²) in [5, 5.41) is 14.0. The highest BCUT2D eigenvalue weighted by molar-refractivity contribution is 5.95. The van der Waals surface area contributed by atoms with E-state index in [1.165, 1.54) is 5.56 Å². The Morgan fingerprint density at radius 3 is 2.79 bits per heavy atom. The highest BCUT2D eigenvalue weighted by Crippen LogP contribution is 2.64. The van der Waals surface area contributed by atoms with Gasteiger partial charge in [0.05, 0.1) is 11.0 Å². The lowest BCUT2D eigenvalue weighted by Gasteiger charge is -2.64. The number of aromatic hydroxyl groups is 1. The summed E-state index contributed by atoms with van der Waals surface area (Å²) >= 11 is 0. The first-order chi connectivity index (χ1) is 15.9. The molecule has 2 aliphatic carbocycles. The average Bonchev–Trinajstić information content (AvgIpc) is 3.16. The van der Waals surface area contributed by atoms with Gasteiger partial charge in [0.25, 0.3) is 0 Å². The summed E-state index contributed by atoms with van der Waals surface area (Å²) in [6.07, 6.45) is 5.10. The fraction of sp³-hybridized carbons (Fsp3) is 0.407. The minimum atomic E-state index is -0.675. The SMILES string of the molecule is Cc1ccc(/C=C/C(=O)N[C@@]23CCC(=O)[C@@H]4Oc5c(O)ccc6c5[C@@]42CCN(C)[C@@H]3C6)cc1. The van der Waals surface area contributed by atoms with Gasteiger partial charge in [-0.05, 0) is 63.0 Å². The van der Waals surface area contributed by atoms with Crippen molar-refractivity contribution >= 4 is 17.8 Å². The number of aryl methyl sites for hydroxylation is 1. The van der Waals surface area contributed by atoms with Gasteiger partial charge in [0.1, 0.15) is 0 Å². The summed E-state index contributed by atoms with van der Waals surface area (Å²) in [6.45, 7) is 2.84. The van der Waals surface area contributed by atoms with Crippen molar-refractivity contribution in [3.8, 4) is 11.5 Å². The van der Waals surface area contributed by atoms with Crippen molar-refractivity contribution in [2.45, 2.75) is 55.7 Å². The van der Waals surface area contributed by atoms with Gasteiger partial charge in [0.2, 0.25) is 5.91 Å². The number of phenols is 1. The number of ketones is 1. The second kappa shape index (κ2) is 6.94. The number of phenolic OH excluding ortho intramolecular Hbond substituents is 1. The average molecular weight is 445 g/mol. The second-order valence-electron chi connectivity index (χ2n) is 10.0. The molecule has 170 valence electrons. The van der Waals surface area contributed by atoms with E-state index < -0.39 is 17.1 Å². The lowest BCUT2D eigenvalue weighted by molar-refractivity contribution is -0.147. The van der Waals surface area contributed by atoms with Gasteiger partial charge >= 0.3 is 0 Å². The van der Waals surface area contributed by atoms with Gasteiger partial charge in [0, 0.05) is 24.1 Å². The fourth-order valence-corrected chi connectivity index (χ4v) is 6.95. The summed E-state index contributed by atoms with van der Waals surface area (Å²) in [6, 6.07) is 11.7. The Balaban J connectivity index is 1.45. The van der Waals surface area contributed by atoms with Crippen LogP contribution in [0.1, 0.15) is 41.5 Å². The van der Waals surface area contributed by atoms with Gasteiger partial charge in [-0.25, -0.2) is 0 Å². The molecule has 1 saturated carbocycles. The van der Waals surface area contributed by atoms with E-state index in [2.05, 4.69) is 17.3 Å². The van der Waals surface area contributed by atoms with E-state index in [0.717, 1.165) is 29.7 Å². The van der Waals surface area contributed by atoms with Gasteiger partial charge in [-0.3, -0.25) is 9.59 Å². The van der Waals surface area contributed by atoms with E-state index in [0.29, 0.717) is 25.0 Å². The zero-order valence-corrected chi connectivity index (χ0v) is 18.9. The molecule has 6 heteroatoms. The molecule has 2 aromatic carbocycles. The third kappa shape index (κ3) is 2.64. The molecule has 2 aromatic rings. The molecule has 6 rings (SSSR count). The third-order valence-corrected chi connectivity index (χ3v) is 8.43. The topological polar surface area (TPSA) is 78.9 Å². The van der Waals surface area contributed by atoms with Crippen LogP contribution in [0.4, 0.5) is 0 Å². The Kier molecular flexibility index (Phi) is 4.31. The minimum Gasteiger partial charge on any atom is -0.504 e. The zero-order valence-electron chi connectivity index (χ0n) is 18.9. The van der Waals surface area contributed by atoms with E-state index >= 15 is 0 Å². The molecule has 1 spiro atoms. The van der Waals surface area contributed by atoms with Gasteiger partial charge in [-0.1, -0.05) is 35.9 Å². The maximum absolute atomic E-state index is 13.3. The predicted molar refractivity (Wildman–Crippen MR) is 124 cm³/mol. The number of nitrogens with one attached hydrogen (secondary N) is 1. The quantitative estimate of drug-likeness (QED) is 0.712. The Labute approximate surface area is 193 Å². The van der Waals surface area contributed by atoms with Crippen LogP contribution in [0.5, 0.6) is 11.5 Å². The Morgan fingerprint density at radius 2 is 2.00 bits per heavy atom. The second-order valence-corrected chi connectivity index (χ2v) is 10.0. The van der Waals surface area contributed by atoms with Gasteiger partial charge in [0.15, 0.2) is 23.4 Å². The largest absolute Gasteiger partial charge is 0.504 e. The number of likely N-dealkylation sites (tertiary alicyclic amines) is 1. The number of carbonyl (C=O) groups is 2.